The van der Waals surface area contributed by atoms with Crippen LogP contribution in [0.4, 0.5) is 0 Å². The first-order valence-corrected chi connectivity index (χ1v) is 11.1. The van der Waals surface area contributed by atoms with Crippen LogP contribution in [0.15, 0.2) is 47.6 Å². The number of aromatic nitrogens is 2. The predicted octanol–water partition coefficient (Wildman–Crippen LogP) is 4.60. The van der Waals surface area contributed by atoms with E-state index in [1.165, 1.54) is 4.88 Å². The minimum atomic E-state index is 0.511. The Labute approximate surface area is 187 Å². The topological polar surface area (TPSA) is 80.7 Å². The van der Waals surface area contributed by atoms with E-state index >= 15 is 0 Å². The smallest absolute Gasteiger partial charge is 0.224 e. The Kier molecular flexibility index (Phi) is 8.23. The molecule has 0 aliphatic carbocycles. The van der Waals surface area contributed by atoms with Crippen LogP contribution in [-0.4, -0.2) is 29.6 Å². The first-order valence-electron chi connectivity index (χ1n) is 10.3. The summed E-state index contributed by atoms with van der Waals surface area (Å²) >= 11 is 1.69. The van der Waals surface area contributed by atoms with Gasteiger partial charge in [-0.1, -0.05) is 25.1 Å². The largest absolute Gasteiger partial charge is 0.490 e. The second kappa shape index (κ2) is 11.3. The predicted molar refractivity (Wildman–Crippen MR) is 125 cm³/mol. The number of nitrogens with one attached hydrogen (secondary N) is 2. The lowest BCUT2D eigenvalue weighted by atomic mass is 10.2. The van der Waals surface area contributed by atoms with E-state index in [-0.39, 0.29) is 0 Å². The number of ether oxygens (including phenoxy) is 2. The molecule has 0 radical (unpaired) electrons. The van der Waals surface area contributed by atoms with Gasteiger partial charge in [-0.15, -0.1) is 11.3 Å². The van der Waals surface area contributed by atoms with Gasteiger partial charge in [0.1, 0.15) is 5.01 Å². The fraction of sp³-hybridized carbons (Fsp3) is 0.348. The molecule has 0 unspecified atom stereocenters. The molecule has 0 aliphatic rings. The number of aliphatic imine (C=N–C) groups is 1. The van der Waals surface area contributed by atoms with Crippen LogP contribution in [0, 0.1) is 13.8 Å². The summed E-state index contributed by atoms with van der Waals surface area (Å²) < 4.78 is 11.9. The van der Waals surface area contributed by atoms with Gasteiger partial charge >= 0.3 is 0 Å². The molecule has 0 aliphatic heterocycles. The maximum absolute atomic E-state index is 6.10. The Morgan fingerprint density at radius 3 is 2.55 bits per heavy atom. The number of para-hydroxylation sites is 2. The number of benzene rings is 1. The summed E-state index contributed by atoms with van der Waals surface area (Å²) in [6, 6.07) is 11.5. The first-order chi connectivity index (χ1) is 15.1. The van der Waals surface area contributed by atoms with Crippen LogP contribution >= 0.6 is 11.3 Å². The number of rotatable bonds is 9. The van der Waals surface area contributed by atoms with Crippen LogP contribution in [0.25, 0.3) is 0 Å². The first kappa shape index (κ1) is 22.6. The molecule has 0 amide bonds. The Morgan fingerprint density at radius 1 is 1.06 bits per heavy atom. The number of nitrogens with zero attached hydrogens (tertiary/aromatic N) is 3. The van der Waals surface area contributed by atoms with Gasteiger partial charge in [0, 0.05) is 30.2 Å². The number of hydrogen-bond acceptors (Lipinski definition) is 6. The molecule has 0 saturated carbocycles. The molecule has 3 rings (SSSR count). The SMILES string of the molecule is CCCOc1ccccc1Oc1ncccc1CNC(=NC)NCc1nc(C)c(C)s1. The number of hydrogen-bond donors (Lipinski definition) is 2. The van der Waals surface area contributed by atoms with E-state index in [1.54, 1.807) is 24.6 Å². The van der Waals surface area contributed by atoms with Crippen LogP contribution in [0.1, 0.15) is 34.5 Å². The highest BCUT2D eigenvalue weighted by Gasteiger charge is 2.11. The van der Waals surface area contributed by atoms with Crippen molar-refractivity contribution in [2.75, 3.05) is 13.7 Å². The average molecular weight is 440 g/mol. The second-order valence-electron chi connectivity index (χ2n) is 6.89. The molecule has 164 valence electrons. The minimum Gasteiger partial charge on any atom is -0.490 e. The lowest BCUT2D eigenvalue weighted by Gasteiger charge is -2.15. The lowest BCUT2D eigenvalue weighted by molar-refractivity contribution is 0.300. The molecule has 7 nitrogen and oxygen atoms in total. The minimum absolute atomic E-state index is 0.511. The van der Waals surface area contributed by atoms with Crippen molar-refractivity contribution in [2.24, 2.45) is 4.99 Å². The third-order valence-corrected chi connectivity index (χ3v) is 5.59. The number of guanidine groups is 1. The maximum atomic E-state index is 6.10. The fourth-order valence-electron chi connectivity index (χ4n) is 2.79. The van der Waals surface area contributed by atoms with E-state index in [9.17, 15) is 0 Å². The van der Waals surface area contributed by atoms with E-state index in [0.717, 1.165) is 22.7 Å². The molecular formula is C23H29N5O2S. The lowest BCUT2D eigenvalue weighted by Crippen LogP contribution is -2.36. The van der Waals surface area contributed by atoms with Crippen molar-refractivity contribution in [3.8, 4) is 17.4 Å². The standard InChI is InChI=1S/C23H29N5O2S/c1-5-13-29-19-10-6-7-11-20(19)30-22-18(9-8-12-25-22)14-26-23(24-4)27-15-21-28-16(2)17(3)31-21/h6-12H,5,13-15H2,1-4H3,(H2,24,26,27). The van der Waals surface area contributed by atoms with Gasteiger partial charge in [0.05, 0.1) is 18.8 Å². The molecule has 0 spiro atoms. The highest BCUT2D eigenvalue weighted by atomic mass is 32.1. The van der Waals surface area contributed by atoms with Gasteiger partial charge in [0.25, 0.3) is 0 Å². The average Bonchev–Trinajstić information content (AvgIpc) is 3.11. The molecular weight excluding hydrogens is 410 g/mol. The Bertz CT molecular complexity index is 999. The van der Waals surface area contributed by atoms with Crippen LogP contribution in [0.3, 0.4) is 0 Å². The summed E-state index contributed by atoms with van der Waals surface area (Å²) in [5.74, 6) is 2.57. The Morgan fingerprint density at radius 2 is 1.84 bits per heavy atom. The molecule has 1 aromatic carbocycles. The van der Waals surface area contributed by atoms with E-state index in [1.807, 2.05) is 43.3 Å². The van der Waals surface area contributed by atoms with E-state index in [2.05, 4.69) is 39.4 Å². The second-order valence-corrected chi connectivity index (χ2v) is 8.18. The van der Waals surface area contributed by atoms with Gasteiger partial charge in [-0.05, 0) is 38.5 Å². The molecule has 0 atom stereocenters. The van der Waals surface area contributed by atoms with Crippen molar-refractivity contribution in [3.05, 3.63) is 63.7 Å². The summed E-state index contributed by atoms with van der Waals surface area (Å²) in [5.41, 5.74) is 1.99. The van der Waals surface area contributed by atoms with Crippen molar-refractivity contribution in [1.29, 1.82) is 0 Å². The maximum Gasteiger partial charge on any atom is 0.224 e. The molecule has 8 heteroatoms. The van der Waals surface area contributed by atoms with Gasteiger partial charge in [-0.25, -0.2) is 9.97 Å². The molecule has 0 saturated heterocycles. The quantitative estimate of drug-likeness (QED) is 0.375. The van der Waals surface area contributed by atoms with E-state index in [0.29, 0.717) is 43.0 Å². The van der Waals surface area contributed by atoms with Gasteiger partial charge in [0.15, 0.2) is 17.5 Å². The van der Waals surface area contributed by atoms with E-state index < -0.39 is 0 Å². The number of aryl methyl sites for hydroxylation is 2. The normalized spacial score (nSPS) is 11.3. The zero-order valence-corrected chi connectivity index (χ0v) is 19.3. The third kappa shape index (κ3) is 6.42. The molecule has 3 aromatic rings. The summed E-state index contributed by atoms with van der Waals surface area (Å²) in [6.45, 7) is 7.95. The molecule has 2 heterocycles. The molecule has 0 bridgehead atoms. The summed E-state index contributed by atoms with van der Waals surface area (Å²) in [4.78, 5) is 14.5. The summed E-state index contributed by atoms with van der Waals surface area (Å²) in [7, 11) is 1.75. The van der Waals surface area contributed by atoms with Crippen LogP contribution in [0.2, 0.25) is 0 Å². The Hall–Kier alpha value is -3.13. The molecule has 2 aromatic heterocycles. The van der Waals surface area contributed by atoms with Crippen LogP contribution in [-0.2, 0) is 13.1 Å². The van der Waals surface area contributed by atoms with Gasteiger partial charge in [0.2, 0.25) is 5.88 Å². The van der Waals surface area contributed by atoms with Crippen LogP contribution < -0.4 is 20.1 Å². The summed E-state index contributed by atoms with van der Waals surface area (Å²) in [6.07, 6.45) is 2.65. The summed E-state index contributed by atoms with van der Waals surface area (Å²) in [5, 5.41) is 7.65. The van der Waals surface area contributed by atoms with Crippen LogP contribution in [0.5, 0.6) is 17.4 Å². The van der Waals surface area contributed by atoms with E-state index in [4.69, 9.17) is 9.47 Å². The van der Waals surface area contributed by atoms with Crippen molar-refractivity contribution >= 4 is 17.3 Å². The number of thiazole rings is 1. The van der Waals surface area contributed by atoms with Crippen molar-refractivity contribution in [3.63, 3.8) is 0 Å². The number of pyridine rings is 1. The third-order valence-electron chi connectivity index (χ3n) is 4.52. The monoisotopic (exact) mass is 439 g/mol. The molecule has 31 heavy (non-hydrogen) atoms. The fourth-order valence-corrected chi connectivity index (χ4v) is 3.67. The Balaban J connectivity index is 1.64. The van der Waals surface area contributed by atoms with Gasteiger partial charge in [-0.2, -0.15) is 0 Å². The van der Waals surface area contributed by atoms with Crippen molar-refractivity contribution < 1.29 is 9.47 Å². The highest BCUT2D eigenvalue weighted by Crippen LogP contribution is 2.31. The zero-order valence-electron chi connectivity index (χ0n) is 18.4. The van der Waals surface area contributed by atoms with Gasteiger partial charge < -0.3 is 20.1 Å². The molecule has 2 N–H and O–H groups in total. The van der Waals surface area contributed by atoms with Crippen molar-refractivity contribution in [1.82, 2.24) is 20.6 Å². The van der Waals surface area contributed by atoms with Gasteiger partial charge in [-0.3, -0.25) is 4.99 Å². The zero-order chi connectivity index (χ0) is 22.1. The highest BCUT2D eigenvalue weighted by molar-refractivity contribution is 7.11. The molecule has 0 fully saturated rings. The van der Waals surface area contributed by atoms with Crippen molar-refractivity contribution in [2.45, 2.75) is 40.3 Å².